The molecule has 2 heterocycles. The predicted octanol–water partition coefficient (Wildman–Crippen LogP) is 7.50. The third kappa shape index (κ3) is 2.89. The van der Waals surface area contributed by atoms with Crippen molar-refractivity contribution in [3.05, 3.63) is 120 Å². The van der Waals surface area contributed by atoms with Crippen LogP contribution in [0.1, 0.15) is 16.7 Å². The van der Waals surface area contributed by atoms with Crippen LogP contribution in [0, 0.1) is 34.0 Å². The molecule has 7 aromatic rings. The second-order valence-electron chi connectivity index (χ2n) is 9.18. The van der Waals surface area contributed by atoms with Crippen molar-refractivity contribution >= 4 is 43.6 Å². The number of benzene rings is 5. The van der Waals surface area contributed by atoms with Crippen molar-refractivity contribution in [3.8, 4) is 29.6 Å². The van der Waals surface area contributed by atoms with E-state index in [1.807, 2.05) is 54.6 Å². The van der Waals surface area contributed by atoms with E-state index in [4.69, 9.17) is 0 Å². The van der Waals surface area contributed by atoms with Crippen molar-refractivity contribution in [2.24, 2.45) is 0 Å². The molecule has 0 atom stereocenters. The van der Waals surface area contributed by atoms with Gasteiger partial charge in [-0.1, -0.05) is 48.5 Å². The van der Waals surface area contributed by atoms with Crippen LogP contribution in [-0.4, -0.2) is 9.13 Å². The van der Waals surface area contributed by atoms with Gasteiger partial charge in [-0.05, 0) is 54.6 Å². The largest absolute Gasteiger partial charge is 0.308 e. The minimum atomic E-state index is 0.442. The molecule has 174 valence electrons. The third-order valence-corrected chi connectivity index (χ3v) is 7.22. The van der Waals surface area contributed by atoms with Crippen LogP contribution in [0.4, 0.5) is 0 Å². The lowest BCUT2D eigenvalue weighted by Crippen LogP contribution is -1.98. The van der Waals surface area contributed by atoms with Gasteiger partial charge >= 0.3 is 0 Å². The Balaban J connectivity index is 1.68. The highest BCUT2D eigenvalue weighted by atomic mass is 15.0. The predicted molar refractivity (Wildman–Crippen MR) is 149 cm³/mol. The first-order valence-corrected chi connectivity index (χ1v) is 12.1. The summed E-state index contributed by atoms with van der Waals surface area (Å²) in [5.41, 5.74) is 7.04. The van der Waals surface area contributed by atoms with Gasteiger partial charge in [0, 0.05) is 21.5 Å². The Labute approximate surface area is 217 Å². The van der Waals surface area contributed by atoms with Gasteiger partial charge in [0.2, 0.25) is 0 Å². The summed E-state index contributed by atoms with van der Waals surface area (Å²) in [6, 6.07) is 40.4. The minimum Gasteiger partial charge on any atom is -0.308 e. The summed E-state index contributed by atoms with van der Waals surface area (Å²) >= 11 is 0. The number of rotatable bonds is 2. The zero-order valence-corrected chi connectivity index (χ0v) is 20.1. The molecule has 0 amide bonds. The Hall–Kier alpha value is -5.83. The molecule has 0 N–H and O–H groups in total. The lowest BCUT2D eigenvalue weighted by molar-refractivity contribution is 1.16. The summed E-state index contributed by atoms with van der Waals surface area (Å²) in [5, 5.41) is 33.5. The molecule has 0 spiro atoms. The minimum absolute atomic E-state index is 0.442. The third-order valence-electron chi connectivity index (χ3n) is 7.22. The van der Waals surface area contributed by atoms with Gasteiger partial charge in [-0.15, -0.1) is 0 Å². The molecule has 38 heavy (non-hydrogen) atoms. The van der Waals surface area contributed by atoms with E-state index in [1.165, 1.54) is 0 Å². The van der Waals surface area contributed by atoms with Gasteiger partial charge in [-0.2, -0.15) is 15.8 Å². The molecule has 0 saturated heterocycles. The van der Waals surface area contributed by atoms with E-state index in [0.717, 1.165) is 55.0 Å². The first-order valence-electron chi connectivity index (χ1n) is 12.1. The number of para-hydroxylation sites is 3. The maximum absolute atomic E-state index is 9.97. The fraction of sp³-hybridized carbons (Fsp3) is 0. The summed E-state index contributed by atoms with van der Waals surface area (Å²) in [6.07, 6.45) is 0. The molecule has 0 aliphatic heterocycles. The molecule has 5 nitrogen and oxygen atoms in total. The van der Waals surface area contributed by atoms with Gasteiger partial charge in [0.05, 0.1) is 56.2 Å². The Morgan fingerprint density at radius 1 is 0.421 bits per heavy atom. The van der Waals surface area contributed by atoms with Crippen LogP contribution in [0.25, 0.3) is 55.0 Å². The van der Waals surface area contributed by atoms with Crippen LogP contribution >= 0.6 is 0 Å². The normalized spacial score (nSPS) is 11.1. The molecule has 5 heteroatoms. The first-order chi connectivity index (χ1) is 18.7. The van der Waals surface area contributed by atoms with Crippen molar-refractivity contribution in [1.29, 1.82) is 15.8 Å². The van der Waals surface area contributed by atoms with E-state index < -0.39 is 0 Å². The summed E-state index contributed by atoms with van der Waals surface area (Å²) in [6.45, 7) is 0. The molecule has 0 unspecified atom stereocenters. The number of aromatic nitrogens is 2. The van der Waals surface area contributed by atoms with Gasteiger partial charge in [0.25, 0.3) is 0 Å². The van der Waals surface area contributed by atoms with Crippen molar-refractivity contribution in [2.45, 2.75) is 0 Å². The molecule has 0 bridgehead atoms. The van der Waals surface area contributed by atoms with E-state index in [1.54, 1.807) is 12.1 Å². The van der Waals surface area contributed by atoms with Gasteiger partial charge in [0.15, 0.2) is 0 Å². The lowest BCUT2D eigenvalue weighted by atomic mass is 10.1. The van der Waals surface area contributed by atoms with E-state index in [0.29, 0.717) is 16.7 Å². The Bertz CT molecular complexity index is 2230. The maximum atomic E-state index is 9.97. The second-order valence-corrected chi connectivity index (χ2v) is 9.18. The van der Waals surface area contributed by atoms with E-state index in [9.17, 15) is 15.8 Å². The van der Waals surface area contributed by atoms with E-state index >= 15 is 0 Å². The van der Waals surface area contributed by atoms with E-state index in [2.05, 4.69) is 63.7 Å². The first kappa shape index (κ1) is 21.5. The molecular formula is C33H17N5. The smallest absolute Gasteiger partial charge is 0.101 e. The van der Waals surface area contributed by atoms with Crippen molar-refractivity contribution in [1.82, 2.24) is 9.13 Å². The SMILES string of the molecule is N#Cc1ccc(-n2c3ccccc3c3cc4c(cc32)c2ccccc2n4-c2ccccc2C#N)c(C#N)c1. The van der Waals surface area contributed by atoms with Crippen LogP contribution in [0.5, 0.6) is 0 Å². The van der Waals surface area contributed by atoms with Gasteiger partial charge in [-0.3, -0.25) is 0 Å². The maximum Gasteiger partial charge on any atom is 0.101 e. The summed E-state index contributed by atoms with van der Waals surface area (Å²) in [7, 11) is 0. The van der Waals surface area contributed by atoms with Gasteiger partial charge < -0.3 is 9.13 Å². The number of fused-ring (bicyclic) bond motifs is 6. The van der Waals surface area contributed by atoms with E-state index in [-0.39, 0.29) is 0 Å². The summed E-state index contributed by atoms with van der Waals surface area (Å²) < 4.78 is 4.27. The van der Waals surface area contributed by atoms with Crippen LogP contribution in [0.2, 0.25) is 0 Å². The molecule has 2 aromatic heterocycles. The number of nitrogens with zero attached hydrogens (tertiary/aromatic N) is 5. The van der Waals surface area contributed by atoms with Crippen molar-refractivity contribution in [2.75, 3.05) is 0 Å². The van der Waals surface area contributed by atoms with Crippen LogP contribution in [-0.2, 0) is 0 Å². The highest BCUT2D eigenvalue weighted by molar-refractivity contribution is 6.19. The summed E-state index contributed by atoms with van der Waals surface area (Å²) in [5.74, 6) is 0. The molecule has 0 saturated carbocycles. The van der Waals surface area contributed by atoms with Crippen LogP contribution < -0.4 is 0 Å². The lowest BCUT2D eigenvalue weighted by Gasteiger charge is -2.11. The Morgan fingerprint density at radius 2 is 0.947 bits per heavy atom. The molecule has 5 aromatic carbocycles. The van der Waals surface area contributed by atoms with Gasteiger partial charge in [-0.25, -0.2) is 0 Å². The summed E-state index contributed by atoms with van der Waals surface area (Å²) in [4.78, 5) is 0. The number of nitriles is 3. The van der Waals surface area contributed by atoms with Gasteiger partial charge in [0.1, 0.15) is 12.1 Å². The zero-order chi connectivity index (χ0) is 25.8. The van der Waals surface area contributed by atoms with Crippen molar-refractivity contribution < 1.29 is 0 Å². The second kappa shape index (κ2) is 8.10. The Morgan fingerprint density at radius 3 is 1.53 bits per heavy atom. The average Bonchev–Trinajstić information content (AvgIpc) is 3.47. The molecule has 0 fully saturated rings. The number of hydrogen-bond acceptors (Lipinski definition) is 3. The molecule has 0 aliphatic carbocycles. The molecule has 0 aliphatic rings. The van der Waals surface area contributed by atoms with Crippen LogP contribution in [0.3, 0.4) is 0 Å². The highest BCUT2D eigenvalue weighted by Gasteiger charge is 2.20. The Kier molecular flexibility index (Phi) is 4.57. The number of hydrogen-bond donors (Lipinski definition) is 0. The fourth-order valence-corrected chi connectivity index (χ4v) is 5.60. The zero-order valence-electron chi connectivity index (χ0n) is 20.1. The standard InChI is InChI=1S/C33H17N5/c34-18-21-13-14-29(23(15-21)20-36)38-31-12-6-3-9-25(31)27-16-32-26(17-33(27)38)24-8-2-5-11-30(24)37(32)28-10-4-1-7-22(28)19-35/h1-17H. The quantitative estimate of drug-likeness (QED) is 0.255. The molecule has 7 rings (SSSR count). The molecule has 0 radical (unpaired) electrons. The highest BCUT2D eigenvalue weighted by Crippen LogP contribution is 2.40. The monoisotopic (exact) mass is 483 g/mol. The molecular weight excluding hydrogens is 466 g/mol. The van der Waals surface area contributed by atoms with Crippen LogP contribution in [0.15, 0.2) is 103 Å². The average molecular weight is 484 g/mol. The topological polar surface area (TPSA) is 81.2 Å². The fourth-order valence-electron chi connectivity index (χ4n) is 5.60. The van der Waals surface area contributed by atoms with Crippen molar-refractivity contribution in [3.63, 3.8) is 0 Å².